The van der Waals surface area contributed by atoms with E-state index in [9.17, 15) is 0 Å². The predicted molar refractivity (Wildman–Crippen MR) is 65.9 cm³/mol. The van der Waals surface area contributed by atoms with Crippen molar-refractivity contribution in [3.8, 4) is 0 Å². The van der Waals surface area contributed by atoms with Crippen LogP contribution >= 0.6 is 34.9 Å². The SMILES string of the molecule is CCc1nsc(SCc2ccc(Cl)nn2)n1. The number of halogens is 1. The van der Waals surface area contributed by atoms with Crippen molar-refractivity contribution in [2.45, 2.75) is 23.4 Å². The van der Waals surface area contributed by atoms with Gasteiger partial charge in [0.2, 0.25) is 0 Å². The average molecular weight is 273 g/mol. The van der Waals surface area contributed by atoms with Crippen molar-refractivity contribution in [2.75, 3.05) is 0 Å². The van der Waals surface area contributed by atoms with Crippen LogP contribution in [0.5, 0.6) is 0 Å². The molecule has 0 radical (unpaired) electrons. The van der Waals surface area contributed by atoms with E-state index in [4.69, 9.17) is 11.6 Å². The third kappa shape index (κ3) is 3.13. The van der Waals surface area contributed by atoms with Crippen molar-refractivity contribution in [2.24, 2.45) is 0 Å². The lowest BCUT2D eigenvalue weighted by atomic mass is 10.4. The number of aromatic nitrogens is 4. The minimum absolute atomic E-state index is 0.415. The van der Waals surface area contributed by atoms with Gasteiger partial charge in [0.1, 0.15) is 5.82 Å². The maximum absolute atomic E-state index is 5.65. The van der Waals surface area contributed by atoms with Crippen molar-refractivity contribution < 1.29 is 0 Å². The van der Waals surface area contributed by atoms with Crippen molar-refractivity contribution >= 4 is 34.9 Å². The van der Waals surface area contributed by atoms with Crippen LogP contribution in [0.1, 0.15) is 18.4 Å². The quantitative estimate of drug-likeness (QED) is 0.801. The number of rotatable bonds is 4. The topological polar surface area (TPSA) is 51.6 Å². The number of nitrogens with zero attached hydrogens (tertiary/aromatic N) is 4. The predicted octanol–water partition coefficient (Wildman–Crippen LogP) is 2.84. The molecule has 0 saturated carbocycles. The molecule has 7 heteroatoms. The first-order valence-corrected chi connectivity index (χ1v) is 6.85. The highest BCUT2D eigenvalue weighted by Gasteiger charge is 2.04. The van der Waals surface area contributed by atoms with Crippen LogP contribution in [0.2, 0.25) is 5.15 Å². The van der Waals surface area contributed by atoms with Crippen molar-refractivity contribution in [3.63, 3.8) is 0 Å². The highest BCUT2D eigenvalue weighted by atomic mass is 35.5. The molecule has 2 rings (SSSR count). The minimum atomic E-state index is 0.415. The Balaban J connectivity index is 1.94. The molecular formula is C9H9ClN4S2. The second-order valence-corrected chi connectivity index (χ2v) is 5.33. The fourth-order valence-electron chi connectivity index (χ4n) is 0.996. The van der Waals surface area contributed by atoms with Crippen LogP contribution in [-0.4, -0.2) is 19.6 Å². The molecule has 2 heterocycles. The van der Waals surface area contributed by atoms with E-state index in [2.05, 4.69) is 19.6 Å². The van der Waals surface area contributed by atoms with Gasteiger partial charge in [-0.15, -0.1) is 5.10 Å². The Bertz CT molecular complexity index is 457. The highest BCUT2D eigenvalue weighted by Crippen LogP contribution is 2.23. The van der Waals surface area contributed by atoms with Crippen LogP contribution in [0.25, 0.3) is 0 Å². The maximum atomic E-state index is 5.65. The summed E-state index contributed by atoms with van der Waals surface area (Å²) in [5, 5.41) is 8.17. The average Bonchev–Trinajstić information content (AvgIpc) is 2.76. The van der Waals surface area contributed by atoms with Crippen LogP contribution < -0.4 is 0 Å². The van der Waals surface area contributed by atoms with Crippen molar-refractivity contribution in [3.05, 3.63) is 28.8 Å². The lowest BCUT2D eigenvalue weighted by Crippen LogP contribution is -1.89. The van der Waals surface area contributed by atoms with Gasteiger partial charge < -0.3 is 0 Å². The molecule has 0 saturated heterocycles. The Hall–Kier alpha value is -0.720. The fraction of sp³-hybridized carbons (Fsp3) is 0.333. The summed E-state index contributed by atoms with van der Waals surface area (Å²) in [4.78, 5) is 4.36. The summed E-state index contributed by atoms with van der Waals surface area (Å²) in [6, 6.07) is 3.60. The summed E-state index contributed by atoms with van der Waals surface area (Å²) in [6.45, 7) is 2.04. The van der Waals surface area contributed by atoms with E-state index >= 15 is 0 Å². The summed E-state index contributed by atoms with van der Waals surface area (Å²) in [7, 11) is 0. The van der Waals surface area contributed by atoms with Gasteiger partial charge in [0.25, 0.3) is 0 Å². The van der Waals surface area contributed by atoms with Gasteiger partial charge >= 0.3 is 0 Å². The monoisotopic (exact) mass is 272 g/mol. The number of thioether (sulfide) groups is 1. The van der Waals surface area contributed by atoms with Gasteiger partial charge in [0, 0.05) is 12.2 Å². The molecule has 84 valence electrons. The molecule has 0 fully saturated rings. The first-order chi connectivity index (χ1) is 7.78. The molecule has 0 unspecified atom stereocenters. The summed E-state index contributed by atoms with van der Waals surface area (Å²) in [5.74, 6) is 1.64. The molecule has 0 aliphatic carbocycles. The Morgan fingerprint density at radius 2 is 2.25 bits per heavy atom. The van der Waals surface area contributed by atoms with Gasteiger partial charge in [0.05, 0.1) is 5.69 Å². The summed E-state index contributed by atoms with van der Waals surface area (Å²) < 4.78 is 5.18. The lowest BCUT2D eigenvalue weighted by Gasteiger charge is -1.96. The van der Waals surface area contributed by atoms with Crippen LogP contribution in [0.3, 0.4) is 0 Å². The van der Waals surface area contributed by atoms with E-state index in [0.717, 1.165) is 28.0 Å². The minimum Gasteiger partial charge on any atom is -0.213 e. The standard InChI is InChI=1S/C9H9ClN4S2/c1-2-8-11-9(16-14-8)15-5-6-3-4-7(10)13-12-6/h3-4H,2,5H2,1H3. The van der Waals surface area contributed by atoms with Crippen molar-refractivity contribution in [1.29, 1.82) is 0 Å². The molecule has 0 aromatic carbocycles. The number of hydrogen-bond donors (Lipinski definition) is 0. The molecule has 0 atom stereocenters. The number of hydrogen-bond acceptors (Lipinski definition) is 6. The Morgan fingerprint density at radius 1 is 1.38 bits per heavy atom. The molecule has 0 spiro atoms. The van der Waals surface area contributed by atoms with E-state index in [1.54, 1.807) is 17.8 Å². The van der Waals surface area contributed by atoms with Gasteiger partial charge in [-0.1, -0.05) is 30.3 Å². The van der Waals surface area contributed by atoms with Crippen LogP contribution in [0.4, 0.5) is 0 Å². The van der Waals surface area contributed by atoms with Crippen LogP contribution in [0, 0.1) is 0 Å². The molecule has 2 aromatic heterocycles. The third-order valence-electron chi connectivity index (χ3n) is 1.80. The van der Waals surface area contributed by atoms with E-state index in [1.165, 1.54) is 11.5 Å². The zero-order valence-electron chi connectivity index (χ0n) is 8.55. The van der Waals surface area contributed by atoms with Gasteiger partial charge in [-0.25, -0.2) is 4.98 Å². The summed E-state index contributed by atoms with van der Waals surface area (Å²) in [6.07, 6.45) is 0.873. The van der Waals surface area contributed by atoms with E-state index in [-0.39, 0.29) is 0 Å². The third-order valence-corrected chi connectivity index (χ3v) is 3.90. The first-order valence-electron chi connectivity index (χ1n) is 4.71. The Labute approximate surface area is 107 Å². The van der Waals surface area contributed by atoms with Gasteiger partial charge in [-0.2, -0.15) is 9.47 Å². The zero-order chi connectivity index (χ0) is 11.4. The molecule has 0 bridgehead atoms. The molecule has 2 aromatic rings. The smallest absolute Gasteiger partial charge is 0.170 e. The Morgan fingerprint density at radius 3 is 2.88 bits per heavy atom. The first kappa shape index (κ1) is 11.8. The molecule has 0 aliphatic heterocycles. The Kier molecular flexibility index (Phi) is 4.09. The highest BCUT2D eigenvalue weighted by molar-refractivity contribution is 8.00. The molecule has 4 nitrogen and oxygen atoms in total. The normalized spacial score (nSPS) is 10.6. The fourth-order valence-corrected chi connectivity index (χ4v) is 2.69. The molecule has 16 heavy (non-hydrogen) atoms. The van der Waals surface area contributed by atoms with Gasteiger partial charge in [-0.05, 0) is 23.7 Å². The second kappa shape index (κ2) is 5.56. The maximum Gasteiger partial charge on any atom is 0.170 e. The van der Waals surface area contributed by atoms with Crippen LogP contribution in [-0.2, 0) is 12.2 Å². The van der Waals surface area contributed by atoms with E-state index in [1.807, 2.05) is 13.0 Å². The molecule has 0 amide bonds. The van der Waals surface area contributed by atoms with E-state index in [0.29, 0.717) is 5.15 Å². The number of aryl methyl sites for hydroxylation is 1. The summed E-state index contributed by atoms with van der Waals surface area (Å²) in [5.41, 5.74) is 0.891. The second-order valence-electron chi connectivity index (χ2n) is 2.97. The van der Waals surface area contributed by atoms with Crippen LogP contribution in [0.15, 0.2) is 16.5 Å². The van der Waals surface area contributed by atoms with E-state index < -0.39 is 0 Å². The largest absolute Gasteiger partial charge is 0.213 e. The molecule has 0 N–H and O–H groups in total. The van der Waals surface area contributed by atoms with Crippen molar-refractivity contribution in [1.82, 2.24) is 19.6 Å². The van der Waals surface area contributed by atoms with Gasteiger partial charge in [0.15, 0.2) is 9.49 Å². The molecule has 0 aliphatic rings. The van der Waals surface area contributed by atoms with Gasteiger partial charge in [-0.3, -0.25) is 0 Å². The summed E-state index contributed by atoms with van der Waals surface area (Å²) >= 11 is 8.69. The lowest BCUT2D eigenvalue weighted by molar-refractivity contribution is 0.962. The zero-order valence-corrected chi connectivity index (χ0v) is 10.9. The molecular weight excluding hydrogens is 264 g/mol.